The molecule has 3 nitrogen and oxygen atoms in total. The highest BCUT2D eigenvalue weighted by Crippen LogP contribution is 2.19. The maximum atomic E-state index is 12.4. The van der Waals surface area contributed by atoms with Crippen molar-refractivity contribution in [2.24, 2.45) is 0 Å². The van der Waals surface area contributed by atoms with Crippen molar-refractivity contribution >= 4 is 5.78 Å². The molecule has 1 unspecified atom stereocenters. The predicted molar refractivity (Wildman–Crippen MR) is 86.0 cm³/mol. The van der Waals surface area contributed by atoms with Crippen molar-refractivity contribution in [3.63, 3.8) is 0 Å². The van der Waals surface area contributed by atoms with Crippen LogP contribution in [0.4, 0.5) is 0 Å². The number of nitrogens with one attached hydrogen (secondary N) is 1. The third-order valence-electron chi connectivity index (χ3n) is 3.99. The van der Waals surface area contributed by atoms with Gasteiger partial charge in [0.2, 0.25) is 0 Å². The molecule has 1 aromatic rings. The number of hydrogen-bond acceptors (Lipinski definition) is 3. The highest BCUT2D eigenvalue weighted by molar-refractivity contribution is 5.99. The van der Waals surface area contributed by atoms with Crippen LogP contribution in [0.5, 0.6) is 5.75 Å². The quantitative estimate of drug-likeness (QED) is 0.805. The van der Waals surface area contributed by atoms with Crippen LogP contribution < -0.4 is 10.1 Å². The highest BCUT2D eigenvalue weighted by atomic mass is 16.5. The molecule has 0 aromatic heterocycles. The van der Waals surface area contributed by atoms with Crippen LogP contribution in [-0.4, -0.2) is 24.0 Å². The molecule has 1 N–H and O–H groups in total. The zero-order valence-corrected chi connectivity index (χ0v) is 13.4. The molecule has 1 aliphatic carbocycles. The average Bonchev–Trinajstić information content (AvgIpc) is 2.47. The molecule has 1 atom stereocenters. The minimum atomic E-state index is -0.120. The summed E-state index contributed by atoms with van der Waals surface area (Å²) in [4.78, 5) is 12.4. The maximum absolute atomic E-state index is 12.4. The van der Waals surface area contributed by atoms with Crippen LogP contribution in [0.2, 0.25) is 0 Å². The molecule has 1 saturated carbocycles. The fourth-order valence-electron chi connectivity index (χ4n) is 2.92. The van der Waals surface area contributed by atoms with Gasteiger partial charge in [0.25, 0.3) is 0 Å². The number of Topliss-reactive ketones (excluding diaryl/α,β-unsaturated/α-hetero) is 1. The fourth-order valence-corrected chi connectivity index (χ4v) is 2.92. The van der Waals surface area contributed by atoms with Crippen LogP contribution in [-0.2, 0) is 0 Å². The van der Waals surface area contributed by atoms with E-state index in [0.717, 1.165) is 11.3 Å². The Morgan fingerprint density at radius 3 is 2.29 bits per heavy atom. The number of carbonyl (C=O) groups excluding carboxylic acids is 1. The summed E-state index contributed by atoms with van der Waals surface area (Å²) >= 11 is 0. The number of carbonyl (C=O) groups is 1. The molecular formula is C18H27NO2. The van der Waals surface area contributed by atoms with Crippen LogP contribution >= 0.6 is 0 Å². The molecule has 3 heteroatoms. The Morgan fingerprint density at radius 1 is 1.10 bits per heavy atom. The molecule has 1 aromatic carbocycles. The summed E-state index contributed by atoms with van der Waals surface area (Å²) in [6.07, 6.45) is 6.42. The van der Waals surface area contributed by atoms with Gasteiger partial charge in [-0.15, -0.1) is 0 Å². The molecular weight excluding hydrogens is 262 g/mol. The number of rotatable bonds is 6. The van der Waals surface area contributed by atoms with E-state index in [0.29, 0.717) is 6.04 Å². The first kappa shape index (κ1) is 16.0. The first-order valence-electron chi connectivity index (χ1n) is 8.13. The van der Waals surface area contributed by atoms with Crippen molar-refractivity contribution in [2.45, 2.75) is 71.1 Å². The van der Waals surface area contributed by atoms with E-state index in [4.69, 9.17) is 4.74 Å². The lowest BCUT2D eigenvalue weighted by Gasteiger charge is -2.26. The van der Waals surface area contributed by atoms with E-state index in [1.807, 2.05) is 45.0 Å². The topological polar surface area (TPSA) is 38.3 Å². The van der Waals surface area contributed by atoms with Crippen molar-refractivity contribution in [3.8, 4) is 5.75 Å². The molecule has 1 aliphatic rings. The van der Waals surface area contributed by atoms with E-state index < -0.39 is 0 Å². The monoisotopic (exact) mass is 289 g/mol. The summed E-state index contributed by atoms with van der Waals surface area (Å²) in [5, 5.41) is 3.48. The predicted octanol–water partition coefficient (Wildman–Crippen LogP) is 3.97. The SMILES string of the molecule is CC(C)Oc1ccc(C(=O)C(C)NC2CCCCC2)cc1. The van der Waals surface area contributed by atoms with Crippen LogP contribution in [0.15, 0.2) is 24.3 Å². The molecule has 1 fully saturated rings. The molecule has 116 valence electrons. The third-order valence-corrected chi connectivity index (χ3v) is 3.99. The van der Waals surface area contributed by atoms with Crippen molar-refractivity contribution in [2.75, 3.05) is 0 Å². The van der Waals surface area contributed by atoms with Crippen molar-refractivity contribution < 1.29 is 9.53 Å². The summed E-state index contributed by atoms with van der Waals surface area (Å²) in [5.41, 5.74) is 0.752. The zero-order valence-electron chi connectivity index (χ0n) is 13.4. The van der Waals surface area contributed by atoms with E-state index in [1.54, 1.807) is 0 Å². The lowest BCUT2D eigenvalue weighted by Crippen LogP contribution is -2.42. The smallest absolute Gasteiger partial charge is 0.179 e. The Labute approximate surface area is 128 Å². The molecule has 0 saturated heterocycles. The van der Waals surface area contributed by atoms with Gasteiger partial charge in [0.05, 0.1) is 12.1 Å². The van der Waals surface area contributed by atoms with Crippen molar-refractivity contribution in [1.29, 1.82) is 0 Å². The van der Waals surface area contributed by atoms with E-state index in [2.05, 4.69) is 5.32 Å². The molecule has 0 bridgehead atoms. The minimum Gasteiger partial charge on any atom is -0.491 e. The van der Waals surface area contributed by atoms with Crippen LogP contribution in [0.25, 0.3) is 0 Å². The van der Waals surface area contributed by atoms with Gasteiger partial charge < -0.3 is 10.1 Å². The minimum absolute atomic E-state index is 0.120. The summed E-state index contributed by atoms with van der Waals surface area (Å²) in [6, 6.07) is 7.85. The second-order valence-corrected chi connectivity index (χ2v) is 6.28. The second-order valence-electron chi connectivity index (χ2n) is 6.28. The first-order valence-corrected chi connectivity index (χ1v) is 8.13. The average molecular weight is 289 g/mol. The Bertz CT molecular complexity index is 447. The molecule has 0 spiro atoms. The van der Waals surface area contributed by atoms with Gasteiger partial charge in [-0.3, -0.25) is 4.79 Å². The van der Waals surface area contributed by atoms with Gasteiger partial charge >= 0.3 is 0 Å². The summed E-state index contributed by atoms with van der Waals surface area (Å²) in [6.45, 7) is 5.96. The molecule has 2 rings (SSSR count). The molecule has 0 amide bonds. The maximum Gasteiger partial charge on any atom is 0.179 e. The van der Waals surface area contributed by atoms with Gasteiger partial charge in [-0.05, 0) is 57.9 Å². The lowest BCUT2D eigenvalue weighted by atomic mass is 9.94. The Kier molecular flexibility index (Phi) is 5.80. The number of ether oxygens (including phenoxy) is 1. The van der Waals surface area contributed by atoms with Crippen LogP contribution in [0.1, 0.15) is 63.2 Å². The standard InChI is InChI=1S/C18H27NO2/c1-13(2)21-17-11-9-15(10-12-17)18(20)14(3)19-16-7-5-4-6-8-16/h9-14,16,19H,4-8H2,1-3H3. The van der Waals surface area contributed by atoms with E-state index >= 15 is 0 Å². The van der Waals surface area contributed by atoms with E-state index in [-0.39, 0.29) is 17.9 Å². The summed E-state index contributed by atoms with van der Waals surface area (Å²) < 4.78 is 5.60. The third kappa shape index (κ3) is 4.85. The zero-order chi connectivity index (χ0) is 15.2. The van der Waals surface area contributed by atoms with Crippen LogP contribution in [0.3, 0.4) is 0 Å². The molecule has 0 heterocycles. The normalized spacial score (nSPS) is 17.7. The Balaban J connectivity index is 1.91. The number of benzene rings is 1. The Hall–Kier alpha value is -1.35. The fraction of sp³-hybridized carbons (Fsp3) is 0.611. The van der Waals surface area contributed by atoms with Gasteiger partial charge in [-0.25, -0.2) is 0 Å². The molecule has 0 radical (unpaired) electrons. The largest absolute Gasteiger partial charge is 0.491 e. The molecule has 0 aliphatic heterocycles. The summed E-state index contributed by atoms with van der Waals surface area (Å²) in [5.74, 6) is 0.978. The summed E-state index contributed by atoms with van der Waals surface area (Å²) in [7, 11) is 0. The van der Waals surface area contributed by atoms with E-state index in [1.165, 1.54) is 32.1 Å². The van der Waals surface area contributed by atoms with Crippen LogP contribution in [0, 0.1) is 0 Å². The van der Waals surface area contributed by atoms with Gasteiger partial charge in [0, 0.05) is 11.6 Å². The lowest BCUT2D eigenvalue weighted by molar-refractivity contribution is 0.0940. The van der Waals surface area contributed by atoms with E-state index in [9.17, 15) is 4.79 Å². The van der Waals surface area contributed by atoms with Crippen molar-refractivity contribution in [3.05, 3.63) is 29.8 Å². The van der Waals surface area contributed by atoms with Gasteiger partial charge in [-0.1, -0.05) is 19.3 Å². The molecule has 21 heavy (non-hydrogen) atoms. The van der Waals surface area contributed by atoms with Gasteiger partial charge in [0.15, 0.2) is 5.78 Å². The van der Waals surface area contributed by atoms with Crippen molar-refractivity contribution in [1.82, 2.24) is 5.32 Å². The second kappa shape index (κ2) is 7.60. The Morgan fingerprint density at radius 2 is 1.71 bits per heavy atom. The number of ketones is 1. The van der Waals surface area contributed by atoms with Gasteiger partial charge in [-0.2, -0.15) is 0 Å². The first-order chi connectivity index (χ1) is 10.1. The van der Waals surface area contributed by atoms with Gasteiger partial charge in [0.1, 0.15) is 5.75 Å². The highest BCUT2D eigenvalue weighted by Gasteiger charge is 2.20. The number of hydrogen-bond donors (Lipinski definition) is 1.